The van der Waals surface area contributed by atoms with Crippen LogP contribution >= 0.6 is 0 Å². The standard InChI is InChI=1S/Ni.H2O4S.6H2O/c;1-5(2,3)4;;;;;;/h;(H2,1,2,3,4);6*1H2/q+2;;;;;;;/p-2. The first-order valence-electron chi connectivity index (χ1n) is 0.667. The monoisotopic (exact) mass is 262 g/mol. The Balaban J connectivity index is -0.00000000381. The minimum absolute atomic E-state index is 0. The van der Waals surface area contributed by atoms with Crippen LogP contribution in [0.15, 0.2) is 0 Å². The predicted octanol–water partition coefficient (Wildman–Crippen LogP) is -6.29. The van der Waals surface area contributed by atoms with Gasteiger partial charge in [-0.3, -0.25) is 8.42 Å². The Morgan fingerprint density at radius 2 is 0.667 bits per heavy atom. The molecule has 0 saturated heterocycles. The molecule has 0 aliphatic rings. The normalized spacial score (nSPS) is 4.83. The zero-order valence-corrected chi connectivity index (χ0v) is 7.16. The molecule has 0 saturated carbocycles. The van der Waals surface area contributed by atoms with E-state index in [9.17, 15) is 0 Å². The summed E-state index contributed by atoms with van der Waals surface area (Å²) in [5.41, 5.74) is 0. The molecule has 0 aromatic carbocycles. The Bertz CT molecular complexity index is 93.0. The summed E-state index contributed by atoms with van der Waals surface area (Å²) >= 11 is 0. The summed E-state index contributed by atoms with van der Waals surface area (Å²) in [6.07, 6.45) is 0. The van der Waals surface area contributed by atoms with Gasteiger partial charge in [-0.1, -0.05) is 0 Å². The molecule has 12 heteroatoms. The summed E-state index contributed by atoms with van der Waals surface area (Å²) < 4.78 is 34.1. The SMILES string of the molecule is O.O.O.O.O.O.O=S(=O)([O-])[O-].[Ni+2]. The summed E-state index contributed by atoms with van der Waals surface area (Å²) in [5.74, 6) is 0. The van der Waals surface area contributed by atoms with Gasteiger partial charge in [-0.15, -0.1) is 0 Å². The van der Waals surface area contributed by atoms with Crippen LogP contribution in [0.25, 0.3) is 0 Å². The van der Waals surface area contributed by atoms with E-state index in [1.807, 2.05) is 0 Å². The van der Waals surface area contributed by atoms with Gasteiger partial charge in [0.1, 0.15) is 0 Å². The van der Waals surface area contributed by atoms with Crippen LogP contribution in [-0.2, 0) is 26.9 Å². The molecule has 0 rings (SSSR count). The molecule has 10 nitrogen and oxygen atoms in total. The molecule has 0 aromatic rings. The van der Waals surface area contributed by atoms with Crippen LogP contribution in [0.3, 0.4) is 0 Å². The molecule has 12 heavy (non-hydrogen) atoms. The Labute approximate surface area is 77.9 Å². The van der Waals surface area contributed by atoms with E-state index in [4.69, 9.17) is 17.5 Å². The van der Waals surface area contributed by atoms with Gasteiger partial charge in [-0.2, -0.15) is 0 Å². The maximum Gasteiger partial charge on any atom is 2.00 e. The van der Waals surface area contributed by atoms with E-state index >= 15 is 0 Å². The van der Waals surface area contributed by atoms with Crippen LogP contribution < -0.4 is 0 Å². The second kappa shape index (κ2) is 30.4. The van der Waals surface area contributed by atoms with E-state index in [0.29, 0.717) is 0 Å². The van der Waals surface area contributed by atoms with E-state index in [1.165, 1.54) is 0 Å². The average Bonchev–Trinajstić information content (AvgIpc) is 0.722. The molecule has 0 aliphatic heterocycles. The molecule has 0 bridgehead atoms. The number of hydrogen-bond acceptors (Lipinski definition) is 4. The van der Waals surface area contributed by atoms with Crippen molar-refractivity contribution in [2.75, 3.05) is 0 Å². The molecule has 0 aliphatic carbocycles. The molecular formula is H12NiO10S. The molecular weight excluding hydrogens is 251 g/mol. The third kappa shape index (κ3) is 55200. The minimum atomic E-state index is -5.17. The van der Waals surface area contributed by atoms with Gasteiger partial charge in [-0.25, -0.2) is 0 Å². The molecule has 0 aromatic heterocycles. The summed E-state index contributed by atoms with van der Waals surface area (Å²) in [7, 11) is -5.17. The third-order valence-electron chi connectivity index (χ3n) is 0. The van der Waals surface area contributed by atoms with Gasteiger partial charge in [0.25, 0.3) is 0 Å². The Hall–Kier alpha value is 0.124. The molecule has 12 N–H and O–H groups in total. The second-order valence-electron chi connectivity index (χ2n) is 0.408. The zero-order valence-electron chi connectivity index (χ0n) is 5.36. The molecule has 0 heterocycles. The van der Waals surface area contributed by atoms with Gasteiger partial charge < -0.3 is 42.0 Å². The van der Waals surface area contributed by atoms with Gasteiger partial charge in [0.15, 0.2) is 0 Å². The first kappa shape index (κ1) is 88.2. The maximum absolute atomic E-state index is 8.52. The van der Waals surface area contributed by atoms with Crippen molar-refractivity contribution < 1.29 is 66.9 Å². The maximum atomic E-state index is 8.52. The van der Waals surface area contributed by atoms with Crippen LogP contribution in [0.5, 0.6) is 0 Å². The predicted molar refractivity (Wildman–Crippen MR) is 32.2 cm³/mol. The summed E-state index contributed by atoms with van der Waals surface area (Å²) in [4.78, 5) is 0. The van der Waals surface area contributed by atoms with Crippen molar-refractivity contribution in [3.63, 3.8) is 0 Å². The molecule has 88 valence electrons. The van der Waals surface area contributed by atoms with Crippen molar-refractivity contribution in [1.82, 2.24) is 0 Å². The van der Waals surface area contributed by atoms with Crippen molar-refractivity contribution in [3.05, 3.63) is 0 Å². The summed E-state index contributed by atoms with van der Waals surface area (Å²) in [6.45, 7) is 0. The van der Waals surface area contributed by atoms with E-state index in [1.54, 1.807) is 0 Å². The van der Waals surface area contributed by atoms with Gasteiger partial charge in [-0.05, 0) is 0 Å². The van der Waals surface area contributed by atoms with E-state index < -0.39 is 10.4 Å². The van der Waals surface area contributed by atoms with Gasteiger partial charge in [0.2, 0.25) is 0 Å². The summed E-state index contributed by atoms with van der Waals surface area (Å²) in [5, 5.41) is 0. The zero-order chi connectivity index (χ0) is 4.50. The van der Waals surface area contributed by atoms with Crippen molar-refractivity contribution in [2.24, 2.45) is 0 Å². The van der Waals surface area contributed by atoms with E-state index in [0.717, 1.165) is 0 Å². The number of rotatable bonds is 0. The Morgan fingerprint density at radius 3 is 0.667 bits per heavy atom. The van der Waals surface area contributed by atoms with Crippen LogP contribution in [0, 0.1) is 0 Å². The summed E-state index contributed by atoms with van der Waals surface area (Å²) in [6, 6.07) is 0. The molecule has 0 unspecified atom stereocenters. The first-order chi connectivity index (χ1) is 2.00. The fourth-order valence-electron chi connectivity index (χ4n) is 0. The fraction of sp³-hybridized carbons (Fsp3) is 0. The molecule has 0 atom stereocenters. The van der Waals surface area contributed by atoms with E-state index in [2.05, 4.69) is 0 Å². The fourth-order valence-corrected chi connectivity index (χ4v) is 0. The quantitative estimate of drug-likeness (QED) is 0.234. The van der Waals surface area contributed by atoms with Crippen LogP contribution in [0.2, 0.25) is 0 Å². The average molecular weight is 263 g/mol. The van der Waals surface area contributed by atoms with Crippen molar-refractivity contribution in [1.29, 1.82) is 0 Å². The van der Waals surface area contributed by atoms with Gasteiger partial charge in [0, 0.05) is 10.4 Å². The van der Waals surface area contributed by atoms with Crippen molar-refractivity contribution in [3.8, 4) is 0 Å². The molecule has 0 fully saturated rings. The van der Waals surface area contributed by atoms with Gasteiger partial charge in [0.05, 0.1) is 0 Å². The molecule has 0 amide bonds. The first-order valence-corrected chi connectivity index (χ1v) is 2.00. The largest absolute Gasteiger partial charge is 2.00 e. The minimum Gasteiger partial charge on any atom is -0.759 e. The second-order valence-corrected chi connectivity index (χ2v) is 1.22. The smallest absolute Gasteiger partial charge is 0.759 e. The van der Waals surface area contributed by atoms with Crippen LogP contribution in [0.1, 0.15) is 0 Å². The van der Waals surface area contributed by atoms with E-state index in [-0.39, 0.29) is 49.3 Å². The third-order valence-corrected chi connectivity index (χ3v) is 0. The Morgan fingerprint density at radius 1 is 0.667 bits per heavy atom. The van der Waals surface area contributed by atoms with Crippen LogP contribution in [-0.4, -0.2) is 50.4 Å². The molecule has 0 radical (unpaired) electrons. The van der Waals surface area contributed by atoms with Crippen molar-refractivity contribution >= 4 is 10.4 Å². The molecule has 0 spiro atoms. The van der Waals surface area contributed by atoms with Crippen LogP contribution in [0.4, 0.5) is 0 Å². The number of hydrogen-bond donors (Lipinski definition) is 0. The topological polar surface area (TPSA) is 269 Å². The van der Waals surface area contributed by atoms with Crippen molar-refractivity contribution in [2.45, 2.75) is 0 Å². The van der Waals surface area contributed by atoms with Gasteiger partial charge >= 0.3 is 16.5 Å². The Kier molecular flexibility index (Phi) is 224.